The average molecular weight is 269 g/mol. The largest absolute Gasteiger partial charge is 0.369 e. The molecule has 2 aliphatic rings. The van der Waals surface area contributed by atoms with Gasteiger partial charge < -0.3 is 4.74 Å². The summed E-state index contributed by atoms with van der Waals surface area (Å²) in [5.74, 6) is 1.48. The maximum atomic E-state index is 8.85. The molecule has 20 heavy (non-hydrogen) atoms. The zero-order chi connectivity index (χ0) is 13.9. The molecule has 0 unspecified atom stereocenters. The Kier molecular flexibility index (Phi) is 4.08. The van der Waals surface area contributed by atoms with Gasteiger partial charge in [0.15, 0.2) is 0 Å². The molecule has 1 aliphatic heterocycles. The molecule has 106 valence electrons. The first-order valence-corrected chi connectivity index (χ1v) is 7.97. The summed E-state index contributed by atoms with van der Waals surface area (Å²) in [4.78, 5) is 0. The molecular weight excluding hydrogens is 246 g/mol. The Morgan fingerprint density at radius 1 is 1.15 bits per heavy atom. The molecule has 1 saturated heterocycles. The minimum absolute atomic E-state index is 0.566. The van der Waals surface area contributed by atoms with E-state index in [1.165, 1.54) is 44.1 Å². The fourth-order valence-corrected chi connectivity index (χ4v) is 3.70. The maximum absolute atomic E-state index is 8.85. The number of benzene rings is 1. The van der Waals surface area contributed by atoms with Crippen LogP contribution in [-0.4, -0.2) is 12.2 Å². The van der Waals surface area contributed by atoms with E-state index in [2.05, 4.69) is 25.1 Å². The normalized spacial score (nSPS) is 32.6. The van der Waals surface area contributed by atoms with Crippen LogP contribution < -0.4 is 0 Å². The van der Waals surface area contributed by atoms with Crippen molar-refractivity contribution in [1.29, 1.82) is 5.26 Å². The van der Waals surface area contributed by atoms with Gasteiger partial charge in [-0.1, -0.05) is 25.5 Å². The van der Waals surface area contributed by atoms with Crippen molar-refractivity contribution in [2.45, 2.75) is 63.6 Å². The highest BCUT2D eigenvalue weighted by molar-refractivity contribution is 5.33. The van der Waals surface area contributed by atoms with Crippen molar-refractivity contribution in [2.24, 2.45) is 5.92 Å². The number of nitrogens with zero attached hydrogens (tertiary/aromatic N) is 1. The average Bonchev–Trinajstić information content (AvgIpc) is 3.27. The second-order valence-corrected chi connectivity index (χ2v) is 6.27. The summed E-state index contributed by atoms with van der Waals surface area (Å²) in [6.07, 6.45) is 8.76. The Labute approximate surface area is 121 Å². The van der Waals surface area contributed by atoms with E-state index in [1.807, 2.05) is 12.1 Å². The maximum Gasteiger partial charge on any atom is 0.0991 e. The first-order chi connectivity index (χ1) is 9.81. The summed E-state index contributed by atoms with van der Waals surface area (Å²) < 4.78 is 5.83. The molecule has 3 rings (SSSR count). The van der Waals surface area contributed by atoms with Crippen LogP contribution in [0.5, 0.6) is 0 Å². The van der Waals surface area contributed by atoms with E-state index in [-0.39, 0.29) is 0 Å². The van der Waals surface area contributed by atoms with Gasteiger partial charge in [0.25, 0.3) is 0 Å². The molecule has 1 heterocycles. The van der Waals surface area contributed by atoms with Crippen molar-refractivity contribution in [3.8, 4) is 6.07 Å². The Bertz CT molecular complexity index is 479. The van der Waals surface area contributed by atoms with Crippen LogP contribution in [0.2, 0.25) is 0 Å². The van der Waals surface area contributed by atoms with Gasteiger partial charge in [0.1, 0.15) is 0 Å². The minimum atomic E-state index is 0.566. The summed E-state index contributed by atoms with van der Waals surface area (Å²) in [7, 11) is 0. The molecule has 0 aromatic heterocycles. The topological polar surface area (TPSA) is 36.3 Å². The van der Waals surface area contributed by atoms with Gasteiger partial charge in [0, 0.05) is 0 Å². The number of hydrogen-bond acceptors (Lipinski definition) is 2. The second kappa shape index (κ2) is 5.97. The summed E-state index contributed by atoms with van der Waals surface area (Å²) in [5, 5.41) is 8.85. The molecule has 2 atom stereocenters. The fraction of sp³-hybridized carbons (Fsp3) is 0.611. The van der Waals surface area contributed by atoms with Crippen molar-refractivity contribution >= 4 is 0 Å². The quantitative estimate of drug-likeness (QED) is 0.760. The van der Waals surface area contributed by atoms with Gasteiger partial charge in [-0.2, -0.15) is 5.26 Å². The van der Waals surface area contributed by atoms with Gasteiger partial charge in [0.2, 0.25) is 0 Å². The summed E-state index contributed by atoms with van der Waals surface area (Å²) in [5.41, 5.74) is 2.17. The summed E-state index contributed by atoms with van der Waals surface area (Å²) in [6.45, 7) is 2.24. The summed E-state index contributed by atoms with van der Waals surface area (Å²) >= 11 is 0. The van der Waals surface area contributed by atoms with Crippen molar-refractivity contribution in [3.05, 3.63) is 35.4 Å². The van der Waals surface area contributed by atoms with Gasteiger partial charge in [-0.3, -0.25) is 0 Å². The number of ether oxygens (including phenoxy) is 1. The molecule has 0 N–H and O–H groups in total. The Morgan fingerprint density at radius 3 is 2.45 bits per heavy atom. The standard InChI is InChI=1S/C18H23NO/c1-2-3-17-18(20-17)16-10-8-15(9-11-16)14-6-4-13(12-19)5-7-14/h4-7,15-18H,2-3,8-11H2,1H3/t15?,16?,17-,18-/m0/s1. The predicted molar refractivity (Wildman–Crippen MR) is 79.4 cm³/mol. The lowest BCUT2D eigenvalue weighted by Crippen LogP contribution is -2.19. The van der Waals surface area contributed by atoms with Crippen LogP contribution >= 0.6 is 0 Å². The van der Waals surface area contributed by atoms with Crippen molar-refractivity contribution in [2.75, 3.05) is 0 Å². The molecule has 1 aromatic carbocycles. The fourth-order valence-electron chi connectivity index (χ4n) is 3.70. The highest BCUT2D eigenvalue weighted by Gasteiger charge is 2.44. The van der Waals surface area contributed by atoms with Gasteiger partial charge in [0.05, 0.1) is 23.8 Å². The van der Waals surface area contributed by atoms with E-state index in [0.717, 1.165) is 11.5 Å². The van der Waals surface area contributed by atoms with Crippen LogP contribution in [0.3, 0.4) is 0 Å². The van der Waals surface area contributed by atoms with Crippen LogP contribution in [0.4, 0.5) is 0 Å². The third-order valence-corrected chi connectivity index (χ3v) is 4.94. The highest BCUT2D eigenvalue weighted by Crippen LogP contribution is 2.44. The molecule has 1 aliphatic carbocycles. The molecule has 2 nitrogen and oxygen atoms in total. The second-order valence-electron chi connectivity index (χ2n) is 6.27. The molecule has 2 heteroatoms. The highest BCUT2D eigenvalue weighted by atomic mass is 16.6. The lowest BCUT2D eigenvalue weighted by atomic mass is 9.77. The van der Waals surface area contributed by atoms with Crippen LogP contribution in [0.15, 0.2) is 24.3 Å². The van der Waals surface area contributed by atoms with E-state index in [9.17, 15) is 0 Å². The van der Waals surface area contributed by atoms with E-state index in [4.69, 9.17) is 10.00 Å². The van der Waals surface area contributed by atoms with Gasteiger partial charge in [-0.15, -0.1) is 0 Å². The zero-order valence-corrected chi connectivity index (χ0v) is 12.2. The molecule has 1 saturated carbocycles. The molecule has 0 radical (unpaired) electrons. The predicted octanol–water partition coefficient (Wildman–Crippen LogP) is 4.40. The monoisotopic (exact) mass is 269 g/mol. The SMILES string of the molecule is CCC[C@@H]1O[C@H]1C1CCC(c2ccc(C#N)cc2)CC1. The van der Waals surface area contributed by atoms with Crippen molar-refractivity contribution in [1.82, 2.24) is 0 Å². The van der Waals surface area contributed by atoms with Crippen molar-refractivity contribution in [3.63, 3.8) is 0 Å². The van der Waals surface area contributed by atoms with E-state index < -0.39 is 0 Å². The van der Waals surface area contributed by atoms with Gasteiger partial charge in [-0.25, -0.2) is 0 Å². The van der Waals surface area contributed by atoms with Crippen LogP contribution in [0.1, 0.15) is 62.5 Å². The molecule has 0 amide bonds. The van der Waals surface area contributed by atoms with Gasteiger partial charge >= 0.3 is 0 Å². The number of hydrogen-bond donors (Lipinski definition) is 0. The Hall–Kier alpha value is -1.33. The van der Waals surface area contributed by atoms with E-state index in [1.54, 1.807) is 0 Å². The lowest BCUT2D eigenvalue weighted by Gasteiger charge is -2.28. The Balaban J connectivity index is 1.52. The molecule has 0 bridgehead atoms. The molecule has 0 spiro atoms. The smallest absolute Gasteiger partial charge is 0.0991 e. The van der Waals surface area contributed by atoms with Gasteiger partial charge in [-0.05, 0) is 61.6 Å². The number of epoxide rings is 1. The van der Waals surface area contributed by atoms with E-state index in [0.29, 0.717) is 18.1 Å². The zero-order valence-electron chi connectivity index (χ0n) is 12.2. The lowest BCUT2D eigenvalue weighted by molar-refractivity contribution is 0.248. The minimum Gasteiger partial charge on any atom is -0.369 e. The third kappa shape index (κ3) is 2.88. The molecular formula is C18H23NO. The number of nitriles is 1. The van der Waals surface area contributed by atoms with Crippen LogP contribution in [-0.2, 0) is 4.74 Å². The van der Waals surface area contributed by atoms with Crippen molar-refractivity contribution < 1.29 is 4.74 Å². The van der Waals surface area contributed by atoms with Crippen LogP contribution in [0.25, 0.3) is 0 Å². The third-order valence-electron chi connectivity index (χ3n) is 4.94. The number of rotatable bonds is 4. The molecule has 2 fully saturated rings. The van der Waals surface area contributed by atoms with E-state index >= 15 is 0 Å². The first kappa shape index (κ1) is 13.6. The van der Waals surface area contributed by atoms with Crippen LogP contribution in [0, 0.1) is 17.2 Å². The summed E-state index contributed by atoms with van der Waals surface area (Å²) in [6, 6.07) is 10.4. The molecule has 1 aromatic rings. The Morgan fingerprint density at radius 2 is 1.85 bits per heavy atom. The first-order valence-electron chi connectivity index (χ1n) is 7.97.